The quantitative estimate of drug-likeness (QED) is 0.837. The third-order valence-corrected chi connectivity index (χ3v) is 4.97. The molecule has 2 aliphatic rings. The van der Waals surface area contributed by atoms with Gasteiger partial charge < -0.3 is 4.74 Å². The fourth-order valence-electron chi connectivity index (χ4n) is 2.91. The molecule has 1 aromatic heterocycles. The highest BCUT2D eigenvalue weighted by Crippen LogP contribution is 2.24. The topological polar surface area (TPSA) is 28.6 Å². The number of thiazole rings is 1. The molecule has 3 heterocycles. The van der Waals surface area contributed by atoms with Gasteiger partial charge in [0.15, 0.2) is 0 Å². The molecule has 0 unspecified atom stereocenters. The Morgan fingerprint density at radius 3 is 2.79 bits per heavy atom. The molecule has 5 heteroatoms. The lowest BCUT2D eigenvalue weighted by Gasteiger charge is -2.29. The van der Waals surface area contributed by atoms with Crippen LogP contribution in [0, 0.1) is 6.92 Å². The minimum Gasteiger partial charge on any atom is -0.379 e. The molecule has 19 heavy (non-hydrogen) atoms. The maximum Gasteiger partial charge on any atom is 0.0900 e. The van der Waals surface area contributed by atoms with Gasteiger partial charge in [0.1, 0.15) is 0 Å². The SMILES string of the molecule is Cc1nc2c(s1)CN(CCCN1CCOCC1)CC2. The summed E-state index contributed by atoms with van der Waals surface area (Å²) < 4.78 is 5.38. The van der Waals surface area contributed by atoms with Crippen molar-refractivity contribution in [1.82, 2.24) is 14.8 Å². The molecule has 1 saturated heterocycles. The van der Waals surface area contributed by atoms with Crippen molar-refractivity contribution in [2.45, 2.75) is 26.3 Å². The van der Waals surface area contributed by atoms with Crippen LogP contribution in [0.15, 0.2) is 0 Å². The number of fused-ring (bicyclic) bond motifs is 1. The van der Waals surface area contributed by atoms with Crippen molar-refractivity contribution in [2.24, 2.45) is 0 Å². The second kappa shape index (κ2) is 6.31. The van der Waals surface area contributed by atoms with Gasteiger partial charge in [0, 0.05) is 37.5 Å². The summed E-state index contributed by atoms with van der Waals surface area (Å²) in [6.45, 7) is 10.9. The summed E-state index contributed by atoms with van der Waals surface area (Å²) in [5.41, 5.74) is 1.35. The van der Waals surface area contributed by atoms with Crippen LogP contribution in [0.25, 0.3) is 0 Å². The second-order valence-electron chi connectivity index (χ2n) is 5.44. The van der Waals surface area contributed by atoms with Gasteiger partial charge >= 0.3 is 0 Å². The zero-order valence-corrected chi connectivity index (χ0v) is 12.5. The number of hydrogen-bond acceptors (Lipinski definition) is 5. The van der Waals surface area contributed by atoms with Crippen LogP contribution in [-0.2, 0) is 17.7 Å². The lowest BCUT2D eigenvalue weighted by Crippen LogP contribution is -2.38. The molecule has 0 bridgehead atoms. The number of aromatic nitrogens is 1. The Morgan fingerprint density at radius 1 is 1.16 bits per heavy atom. The highest BCUT2D eigenvalue weighted by Gasteiger charge is 2.19. The van der Waals surface area contributed by atoms with E-state index in [1.54, 1.807) is 0 Å². The zero-order chi connectivity index (χ0) is 13.1. The molecule has 0 radical (unpaired) electrons. The molecule has 0 spiro atoms. The summed E-state index contributed by atoms with van der Waals surface area (Å²) in [5, 5.41) is 1.22. The predicted molar refractivity (Wildman–Crippen MR) is 77.7 cm³/mol. The lowest BCUT2D eigenvalue weighted by atomic mass is 10.1. The Kier molecular flexibility index (Phi) is 4.48. The van der Waals surface area contributed by atoms with Gasteiger partial charge in [-0.15, -0.1) is 11.3 Å². The number of nitrogens with zero attached hydrogens (tertiary/aromatic N) is 3. The highest BCUT2D eigenvalue weighted by molar-refractivity contribution is 7.11. The van der Waals surface area contributed by atoms with E-state index in [1.807, 2.05) is 11.3 Å². The molecule has 0 aromatic carbocycles. The Morgan fingerprint density at radius 2 is 1.95 bits per heavy atom. The van der Waals surface area contributed by atoms with Gasteiger partial charge in [-0.2, -0.15) is 0 Å². The molecule has 0 atom stereocenters. The van der Waals surface area contributed by atoms with Crippen LogP contribution in [0.3, 0.4) is 0 Å². The first-order valence-electron chi connectivity index (χ1n) is 7.29. The molecule has 0 aliphatic carbocycles. The monoisotopic (exact) mass is 281 g/mol. The van der Waals surface area contributed by atoms with Crippen molar-refractivity contribution in [1.29, 1.82) is 0 Å². The summed E-state index contributed by atoms with van der Waals surface area (Å²) >= 11 is 1.88. The van der Waals surface area contributed by atoms with Crippen LogP contribution in [-0.4, -0.2) is 60.7 Å². The molecule has 3 rings (SSSR count). The molecular weight excluding hydrogens is 258 g/mol. The van der Waals surface area contributed by atoms with E-state index in [4.69, 9.17) is 4.74 Å². The molecule has 0 amide bonds. The minimum absolute atomic E-state index is 0.910. The Bertz CT molecular complexity index is 415. The van der Waals surface area contributed by atoms with E-state index in [9.17, 15) is 0 Å². The van der Waals surface area contributed by atoms with E-state index in [-0.39, 0.29) is 0 Å². The first-order valence-corrected chi connectivity index (χ1v) is 8.10. The fourth-order valence-corrected chi connectivity index (χ4v) is 3.94. The molecule has 106 valence electrons. The molecule has 4 nitrogen and oxygen atoms in total. The second-order valence-corrected chi connectivity index (χ2v) is 6.72. The average molecular weight is 281 g/mol. The van der Waals surface area contributed by atoms with E-state index in [2.05, 4.69) is 21.7 Å². The van der Waals surface area contributed by atoms with Gasteiger partial charge in [-0.25, -0.2) is 4.98 Å². The maximum absolute atomic E-state index is 5.38. The number of hydrogen-bond donors (Lipinski definition) is 0. The first-order chi connectivity index (χ1) is 9.31. The zero-order valence-electron chi connectivity index (χ0n) is 11.7. The van der Waals surface area contributed by atoms with E-state index >= 15 is 0 Å². The number of ether oxygens (including phenoxy) is 1. The standard InChI is InChI=1S/C14H23N3OS/c1-12-15-13-3-6-17(11-14(13)19-12)5-2-4-16-7-9-18-10-8-16/h2-11H2,1H3. The molecule has 0 N–H and O–H groups in total. The summed E-state index contributed by atoms with van der Waals surface area (Å²) in [6.07, 6.45) is 2.41. The van der Waals surface area contributed by atoms with Crippen molar-refractivity contribution >= 4 is 11.3 Å². The smallest absolute Gasteiger partial charge is 0.0900 e. The van der Waals surface area contributed by atoms with Crippen molar-refractivity contribution in [3.8, 4) is 0 Å². The Balaban J connectivity index is 1.42. The summed E-state index contributed by atoms with van der Waals surface area (Å²) in [7, 11) is 0. The van der Waals surface area contributed by atoms with Gasteiger partial charge in [-0.1, -0.05) is 0 Å². The van der Waals surface area contributed by atoms with Crippen molar-refractivity contribution < 1.29 is 4.74 Å². The fraction of sp³-hybridized carbons (Fsp3) is 0.786. The van der Waals surface area contributed by atoms with E-state index in [1.165, 1.54) is 41.6 Å². The average Bonchev–Trinajstić information content (AvgIpc) is 2.79. The Labute approximate surface area is 119 Å². The van der Waals surface area contributed by atoms with Crippen molar-refractivity contribution in [3.63, 3.8) is 0 Å². The van der Waals surface area contributed by atoms with Crippen LogP contribution in [0.4, 0.5) is 0 Å². The van der Waals surface area contributed by atoms with E-state index in [0.29, 0.717) is 0 Å². The summed E-state index contributed by atoms with van der Waals surface area (Å²) in [5.74, 6) is 0. The Hall–Kier alpha value is -0.490. The minimum atomic E-state index is 0.910. The number of morpholine rings is 1. The van der Waals surface area contributed by atoms with Crippen LogP contribution in [0.2, 0.25) is 0 Å². The summed E-state index contributed by atoms with van der Waals surface area (Å²) in [6, 6.07) is 0. The molecule has 0 saturated carbocycles. The summed E-state index contributed by atoms with van der Waals surface area (Å²) in [4.78, 5) is 11.2. The lowest BCUT2D eigenvalue weighted by molar-refractivity contribution is 0.0359. The number of rotatable bonds is 4. The third-order valence-electron chi connectivity index (χ3n) is 3.97. The van der Waals surface area contributed by atoms with E-state index < -0.39 is 0 Å². The van der Waals surface area contributed by atoms with Crippen molar-refractivity contribution in [2.75, 3.05) is 45.9 Å². The van der Waals surface area contributed by atoms with Gasteiger partial charge in [-0.3, -0.25) is 9.80 Å². The third kappa shape index (κ3) is 3.54. The maximum atomic E-state index is 5.38. The van der Waals surface area contributed by atoms with Crippen LogP contribution in [0.1, 0.15) is 22.0 Å². The number of aryl methyl sites for hydroxylation is 1. The van der Waals surface area contributed by atoms with E-state index in [0.717, 1.165) is 39.3 Å². The van der Waals surface area contributed by atoms with Crippen LogP contribution < -0.4 is 0 Å². The molecular formula is C14H23N3OS. The van der Waals surface area contributed by atoms with Gasteiger partial charge in [0.05, 0.1) is 23.9 Å². The molecule has 2 aliphatic heterocycles. The molecule has 1 aromatic rings. The van der Waals surface area contributed by atoms with Gasteiger partial charge in [0.2, 0.25) is 0 Å². The van der Waals surface area contributed by atoms with Crippen LogP contribution >= 0.6 is 11.3 Å². The van der Waals surface area contributed by atoms with Crippen molar-refractivity contribution in [3.05, 3.63) is 15.6 Å². The van der Waals surface area contributed by atoms with Gasteiger partial charge in [-0.05, 0) is 26.4 Å². The van der Waals surface area contributed by atoms with Gasteiger partial charge in [0.25, 0.3) is 0 Å². The largest absolute Gasteiger partial charge is 0.379 e. The normalized spacial score (nSPS) is 21.5. The molecule has 1 fully saturated rings. The first kappa shape index (κ1) is 13.5. The van der Waals surface area contributed by atoms with Crippen LogP contribution in [0.5, 0.6) is 0 Å². The predicted octanol–water partition coefficient (Wildman–Crippen LogP) is 1.53. The highest BCUT2D eigenvalue weighted by atomic mass is 32.1.